The van der Waals surface area contributed by atoms with Gasteiger partial charge in [-0.2, -0.15) is 0 Å². The molecule has 0 aromatic carbocycles. The van der Waals surface area contributed by atoms with Gasteiger partial charge in [0.05, 0.1) is 13.2 Å². The summed E-state index contributed by atoms with van der Waals surface area (Å²) in [5, 5.41) is 8.50. The van der Waals surface area contributed by atoms with Crippen LogP contribution >= 0.6 is 0 Å². The van der Waals surface area contributed by atoms with Crippen molar-refractivity contribution in [3.63, 3.8) is 0 Å². The zero-order valence-corrected chi connectivity index (χ0v) is 6.82. The summed E-state index contributed by atoms with van der Waals surface area (Å²) in [6.07, 6.45) is -1.22. The van der Waals surface area contributed by atoms with Crippen LogP contribution in [-0.4, -0.2) is 45.1 Å². The van der Waals surface area contributed by atoms with Gasteiger partial charge in [-0.1, -0.05) is 0 Å². The summed E-state index contributed by atoms with van der Waals surface area (Å²) in [6.45, 7) is 0.0633. The molecule has 0 aliphatic heterocycles. The first-order chi connectivity index (χ1) is 5.24. The molecule has 0 saturated carbocycles. The van der Waals surface area contributed by atoms with Crippen molar-refractivity contribution in [3.8, 4) is 0 Å². The van der Waals surface area contributed by atoms with E-state index in [0.29, 0.717) is 6.61 Å². The van der Waals surface area contributed by atoms with Crippen LogP contribution in [0.5, 0.6) is 0 Å². The van der Waals surface area contributed by atoms with E-state index in [4.69, 9.17) is 25.1 Å². The van der Waals surface area contributed by atoms with Gasteiger partial charge in [-0.25, -0.2) is 0 Å². The van der Waals surface area contributed by atoms with Crippen LogP contribution < -0.4 is 5.73 Å². The predicted molar refractivity (Wildman–Crippen MR) is 38.8 cm³/mol. The van der Waals surface area contributed by atoms with Crippen LogP contribution in [0.3, 0.4) is 0 Å². The molecule has 0 aliphatic rings. The zero-order valence-electron chi connectivity index (χ0n) is 6.82. The Hall–Kier alpha value is -0.200. The number of hydrogen-bond donors (Lipinski definition) is 2. The van der Waals surface area contributed by atoms with Gasteiger partial charge >= 0.3 is 0 Å². The van der Waals surface area contributed by atoms with Crippen molar-refractivity contribution in [3.05, 3.63) is 0 Å². The van der Waals surface area contributed by atoms with Crippen molar-refractivity contribution in [1.29, 1.82) is 0 Å². The molecule has 5 nitrogen and oxygen atoms in total. The molecule has 0 aromatic heterocycles. The lowest BCUT2D eigenvalue weighted by atomic mass is 10.6. The summed E-state index contributed by atoms with van der Waals surface area (Å²) in [5.74, 6) is 0. The quantitative estimate of drug-likeness (QED) is 0.489. The highest BCUT2D eigenvalue weighted by atomic mass is 16.7. The number of rotatable bonds is 6. The van der Waals surface area contributed by atoms with Crippen LogP contribution in [0.25, 0.3) is 0 Å². The SMILES string of the molecule is COC[C@H](OC)O[C@@H](N)CO. The molecule has 0 heterocycles. The number of ether oxygens (including phenoxy) is 3. The minimum atomic E-state index is -0.713. The van der Waals surface area contributed by atoms with E-state index in [1.54, 1.807) is 0 Å². The molecule has 3 N–H and O–H groups in total. The summed E-state index contributed by atoms with van der Waals surface area (Å²) in [5.41, 5.74) is 5.27. The van der Waals surface area contributed by atoms with Gasteiger partial charge in [0.15, 0.2) is 6.29 Å². The third kappa shape index (κ3) is 5.11. The Morgan fingerprint density at radius 2 is 2.09 bits per heavy atom. The van der Waals surface area contributed by atoms with Crippen molar-refractivity contribution >= 4 is 0 Å². The number of aliphatic hydroxyl groups is 1. The maximum absolute atomic E-state index is 8.50. The molecule has 0 bridgehead atoms. The summed E-state index contributed by atoms with van der Waals surface area (Å²) in [7, 11) is 3.01. The molecule has 11 heavy (non-hydrogen) atoms. The Bertz CT molecular complexity index is 90.7. The molecule has 5 heteroatoms. The second kappa shape index (κ2) is 6.51. The zero-order chi connectivity index (χ0) is 8.69. The third-order valence-electron chi connectivity index (χ3n) is 1.07. The van der Waals surface area contributed by atoms with Crippen molar-refractivity contribution in [2.75, 3.05) is 27.4 Å². The Morgan fingerprint density at radius 3 is 2.45 bits per heavy atom. The number of methoxy groups -OCH3 is 2. The largest absolute Gasteiger partial charge is 0.392 e. The van der Waals surface area contributed by atoms with E-state index in [1.165, 1.54) is 14.2 Å². The van der Waals surface area contributed by atoms with E-state index >= 15 is 0 Å². The van der Waals surface area contributed by atoms with Crippen LogP contribution in [0, 0.1) is 0 Å². The van der Waals surface area contributed by atoms with E-state index in [0.717, 1.165) is 0 Å². The lowest BCUT2D eigenvalue weighted by Gasteiger charge is -2.18. The molecule has 0 rings (SSSR count). The third-order valence-corrected chi connectivity index (χ3v) is 1.07. The van der Waals surface area contributed by atoms with E-state index in [9.17, 15) is 0 Å². The van der Waals surface area contributed by atoms with Crippen LogP contribution in [0.15, 0.2) is 0 Å². The van der Waals surface area contributed by atoms with Crippen molar-refractivity contribution < 1.29 is 19.3 Å². The van der Waals surface area contributed by atoms with Gasteiger partial charge in [-0.15, -0.1) is 0 Å². The Kier molecular flexibility index (Phi) is 6.39. The summed E-state index contributed by atoms with van der Waals surface area (Å²) in [6, 6.07) is 0. The molecule has 0 aliphatic carbocycles. The van der Waals surface area contributed by atoms with Gasteiger partial charge in [0, 0.05) is 14.2 Å². The minimum absolute atomic E-state index is 0.233. The standard InChI is InChI=1S/C6H15NO4/c1-9-4-6(10-2)11-5(7)3-8/h5-6,8H,3-4,7H2,1-2H3/t5-,6-/m1/s1. The van der Waals surface area contributed by atoms with Crippen LogP contribution in [-0.2, 0) is 14.2 Å². The topological polar surface area (TPSA) is 73.9 Å². The molecular formula is C6H15NO4. The lowest BCUT2D eigenvalue weighted by Crippen LogP contribution is -2.35. The summed E-state index contributed by atoms with van der Waals surface area (Å²) in [4.78, 5) is 0. The monoisotopic (exact) mass is 165 g/mol. The fourth-order valence-electron chi connectivity index (χ4n) is 0.537. The second-order valence-electron chi connectivity index (χ2n) is 1.98. The summed E-state index contributed by atoms with van der Waals surface area (Å²) >= 11 is 0. The molecule has 0 fully saturated rings. The molecule has 2 atom stereocenters. The molecule has 0 unspecified atom stereocenters. The maximum atomic E-state index is 8.50. The molecular weight excluding hydrogens is 150 g/mol. The Balaban J connectivity index is 3.49. The Labute approximate surface area is 66.0 Å². The predicted octanol–water partition coefficient (Wildman–Crippen LogP) is -1.10. The van der Waals surface area contributed by atoms with Gasteiger partial charge < -0.3 is 25.1 Å². The molecule has 0 spiro atoms. The molecule has 0 aromatic rings. The van der Waals surface area contributed by atoms with Gasteiger partial charge in [0.2, 0.25) is 0 Å². The molecule has 0 radical (unpaired) electrons. The lowest BCUT2D eigenvalue weighted by molar-refractivity contribution is -0.184. The van der Waals surface area contributed by atoms with E-state index in [2.05, 4.69) is 0 Å². The van der Waals surface area contributed by atoms with E-state index in [-0.39, 0.29) is 6.61 Å². The van der Waals surface area contributed by atoms with Crippen LogP contribution in [0.1, 0.15) is 0 Å². The van der Waals surface area contributed by atoms with Crippen LogP contribution in [0.2, 0.25) is 0 Å². The number of hydrogen-bond acceptors (Lipinski definition) is 5. The average Bonchev–Trinajstić information content (AvgIpc) is 2.03. The van der Waals surface area contributed by atoms with Crippen LogP contribution in [0.4, 0.5) is 0 Å². The van der Waals surface area contributed by atoms with Gasteiger partial charge in [0.1, 0.15) is 6.23 Å². The van der Waals surface area contributed by atoms with E-state index in [1.807, 2.05) is 0 Å². The molecule has 68 valence electrons. The van der Waals surface area contributed by atoms with Crippen molar-refractivity contribution in [1.82, 2.24) is 0 Å². The average molecular weight is 165 g/mol. The molecule has 0 amide bonds. The normalized spacial score (nSPS) is 16.4. The fourth-order valence-corrected chi connectivity index (χ4v) is 0.537. The Morgan fingerprint density at radius 1 is 1.45 bits per heavy atom. The fraction of sp³-hybridized carbons (Fsp3) is 1.00. The first kappa shape index (κ1) is 10.8. The van der Waals surface area contributed by atoms with Crippen molar-refractivity contribution in [2.24, 2.45) is 5.73 Å². The van der Waals surface area contributed by atoms with Crippen molar-refractivity contribution in [2.45, 2.75) is 12.5 Å². The highest BCUT2D eigenvalue weighted by molar-refractivity contribution is 4.46. The minimum Gasteiger partial charge on any atom is -0.392 e. The van der Waals surface area contributed by atoms with E-state index < -0.39 is 12.5 Å². The number of aliphatic hydroxyl groups excluding tert-OH is 1. The summed E-state index contributed by atoms with van der Waals surface area (Å²) < 4.78 is 14.5. The second-order valence-corrected chi connectivity index (χ2v) is 1.98. The van der Waals surface area contributed by atoms with Gasteiger partial charge in [-0.05, 0) is 0 Å². The highest BCUT2D eigenvalue weighted by Gasteiger charge is 2.10. The number of nitrogens with two attached hydrogens (primary N) is 1. The molecule has 0 saturated heterocycles. The maximum Gasteiger partial charge on any atom is 0.182 e. The first-order valence-electron chi connectivity index (χ1n) is 3.28. The van der Waals surface area contributed by atoms with Gasteiger partial charge in [0.25, 0.3) is 0 Å². The smallest absolute Gasteiger partial charge is 0.182 e. The highest BCUT2D eigenvalue weighted by Crippen LogP contribution is 1.95. The first-order valence-corrected chi connectivity index (χ1v) is 3.28. The van der Waals surface area contributed by atoms with Gasteiger partial charge in [-0.3, -0.25) is 0 Å².